The predicted octanol–water partition coefficient (Wildman–Crippen LogP) is 4.71. The van der Waals surface area contributed by atoms with Crippen molar-refractivity contribution < 1.29 is 37.8 Å². The highest BCUT2D eigenvalue weighted by atomic mass is 31.3. The molecule has 10 heteroatoms. The summed E-state index contributed by atoms with van der Waals surface area (Å²) in [7, 11) is -10.1. The molecule has 8 nitrogen and oxygen atoms in total. The lowest BCUT2D eigenvalue weighted by molar-refractivity contribution is 0.229. The van der Waals surface area contributed by atoms with Crippen LogP contribution < -0.4 is 4.52 Å². The van der Waals surface area contributed by atoms with Crippen molar-refractivity contribution in [2.45, 2.75) is 26.7 Å². The Kier molecular flexibility index (Phi) is 7.23. The van der Waals surface area contributed by atoms with Gasteiger partial charge in [0.1, 0.15) is 11.5 Å². The highest BCUT2D eigenvalue weighted by Crippen LogP contribution is 2.57. The molecule has 0 aliphatic heterocycles. The van der Waals surface area contributed by atoms with Gasteiger partial charge in [-0.1, -0.05) is 38.1 Å². The smallest absolute Gasteiger partial charge is 0.508 e. The molecule has 2 aromatic rings. The Labute approximate surface area is 162 Å². The lowest BCUT2D eigenvalue weighted by atomic mass is 9.91. The molecule has 2 rings (SSSR count). The molecule has 0 fully saturated rings. The summed E-state index contributed by atoms with van der Waals surface area (Å²) in [5.41, 5.74) is 3.99. The van der Waals surface area contributed by atoms with Gasteiger partial charge in [-0.25, -0.2) is 9.13 Å². The van der Waals surface area contributed by atoms with Gasteiger partial charge in [0.25, 0.3) is 0 Å². The molecule has 1 unspecified atom stereocenters. The molecule has 0 aliphatic rings. The number of phosphoric ester groups is 1. The number of hydrogen-bond acceptors (Lipinski definition) is 5. The zero-order chi connectivity index (χ0) is 20.9. The van der Waals surface area contributed by atoms with Crippen LogP contribution in [0.15, 0.2) is 48.5 Å². The molecule has 0 bridgehead atoms. The van der Waals surface area contributed by atoms with Crippen molar-refractivity contribution in [2.75, 3.05) is 0 Å². The molecule has 0 saturated heterocycles. The van der Waals surface area contributed by atoms with Crippen LogP contribution in [0.5, 0.6) is 11.5 Å². The largest absolute Gasteiger partial charge is 0.536 e. The summed E-state index contributed by atoms with van der Waals surface area (Å²) in [5, 5.41) is 9.49. The van der Waals surface area contributed by atoms with E-state index < -0.39 is 15.6 Å². The monoisotopic (exact) mass is 428 g/mol. The van der Waals surface area contributed by atoms with E-state index in [0.29, 0.717) is 0 Å². The van der Waals surface area contributed by atoms with Crippen LogP contribution >= 0.6 is 15.6 Å². The highest BCUT2D eigenvalue weighted by Gasteiger charge is 2.33. The third-order valence-electron chi connectivity index (χ3n) is 3.92. The molecule has 1 atom stereocenters. The standard InChI is InChI=1S/C18H22O8P2/c1-3-17(13-5-9-15(19)10-6-13)18(4-2)14-7-11-16(12-8-14)25-28(23,24)26-27(20,21)22/h5-12,19H,3-4H2,1-2H3,(H,23,24)(H2,20,21,22). The SMILES string of the molecule is CCC(=C(CC)c1ccc(OP(=O)(O)OP(=O)(O)O)cc1)c1ccc(O)cc1. The maximum atomic E-state index is 11.6. The zero-order valence-electron chi connectivity index (χ0n) is 15.3. The Hall–Kier alpha value is -1.92. The van der Waals surface area contributed by atoms with Gasteiger partial charge in [0.2, 0.25) is 0 Å². The molecule has 0 spiro atoms. The van der Waals surface area contributed by atoms with Gasteiger partial charge < -0.3 is 19.4 Å². The zero-order valence-corrected chi connectivity index (χ0v) is 17.1. The molecule has 152 valence electrons. The van der Waals surface area contributed by atoms with Crippen molar-refractivity contribution in [2.24, 2.45) is 0 Å². The normalized spacial score (nSPS) is 14.9. The first-order valence-corrected chi connectivity index (χ1v) is 11.5. The maximum Gasteiger partial charge on any atom is 0.536 e. The van der Waals surface area contributed by atoms with E-state index in [-0.39, 0.29) is 11.5 Å². The highest BCUT2D eigenvalue weighted by molar-refractivity contribution is 7.60. The molecule has 0 heterocycles. The second-order valence-electron chi connectivity index (χ2n) is 5.87. The summed E-state index contributed by atoms with van der Waals surface area (Å²) >= 11 is 0. The number of hydrogen-bond donors (Lipinski definition) is 4. The first-order valence-electron chi connectivity index (χ1n) is 8.45. The lowest BCUT2D eigenvalue weighted by Crippen LogP contribution is -1.96. The van der Waals surface area contributed by atoms with E-state index in [2.05, 4.69) is 8.83 Å². The van der Waals surface area contributed by atoms with Crippen LogP contribution in [-0.2, 0) is 13.4 Å². The van der Waals surface area contributed by atoms with Gasteiger partial charge in [-0.05, 0) is 59.4 Å². The summed E-state index contributed by atoms with van der Waals surface area (Å²) in [6.45, 7) is 4.03. The van der Waals surface area contributed by atoms with Crippen molar-refractivity contribution in [1.29, 1.82) is 0 Å². The first kappa shape index (κ1) is 22.4. The van der Waals surface area contributed by atoms with Crippen molar-refractivity contribution in [1.82, 2.24) is 0 Å². The van der Waals surface area contributed by atoms with Crippen LogP contribution in [0.1, 0.15) is 37.8 Å². The molecule has 0 aromatic heterocycles. The van der Waals surface area contributed by atoms with Crippen molar-refractivity contribution in [3.05, 3.63) is 59.7 Å². The number of allylic oxidation sites excluding steroid dienone is 2. The van der Waals surface area contributed by atoms with E-state index in [1.54, 1.807) is 24.3 Å². The Balaban J connectivity index is 2.32. The summed E-state index contributed by atoms with van der Waals surface area (Å²) < 4.78 is 30.8. The van der Waals surface area contributed by atoms with E-state index in [1.165, 1.54) is 12.1 Å². The van der Waals surface area contributed by atoms with Crippen molar-refractivity contribution >= 4 is 26.8 Å². The summed E-state index contributed by atoms with van der Waals surface area (Å²) in [4.78, 5) is 26.7. The third-order valence-corrected chi connectivity index (χ3v) is 6.04. The number of aromatic hydroxyl groups is 1. The number of phenols is 1. The van der Waals surface area contributed by atoms with Gasteiger partial charge in [-0.3, -0.25) is 4.89 Å². The Bertz CT molecular complexity index is 929. The molecule has 0 amide bonds. The van der Waals surface area contributed by atoms with Crippen LogP contribution in [-0.4, -0.2) is 19.8 Å². The summed E-state index contributed by atoms with van der Waals surface area (Å²) in [5.74, 6) is 0.117. The average Bonchev–Trinajstić information content (AvgIpc) is 2.59. The topological polar surface area (TPSA) is 134 Å². The van der Waals surface area contributed by atoms with Gasteiger partial charge in [0.15, 0.2) is 0 Å². The van der Waals surface area contributed by atoms with E-state index in [0.717, 1.165) is 35.1 Å². The van der Waals surface area contributed by atoms with Gasteiger partial charge >= 0.3 is 15.6 Å². The van der Waals surface area contributed by atoms with Gasteiger partial charge in [0.05, 0.1) is 0 Å². The van der Waals surface area contributed by atoms with Crippen molar-refractivity contribution in [3.8, 4) is 11.5 Å². The predicted molar refractivity (Wildman–Crippen MR) is 106 cm³/mol. The van der Waals surface area contributed by atoms with E-state index in [1.807, 2.05) is 26.0 Å². The Morgan fingerprint density at radius 2 is 1.25 bits per heavy atom. The summed E-state index contributed by atoms with van der Waals surface area (Å²) in [6, 6.07) is 13.1. The van der Waals surface area contributed by atoms with E-state index >= 15 is 0 Å². The minimum atomic E-state index is -5.17. The minimum Gasteiger partial charge on any atom is -0.508 e. The van der Waals surface area contributed by atoms with Crippen LogP contribution in [0, 0.1) is 0 Å². The second-order valence-corrected chi connectivity index (χ2v) is 8.62. The fourth-order valence-corrected chi connectivity index (χ4v) is 4.44. The quantitative estimate of drug-likeness (QED) is 0.351. The van der Waals surface area contributed by atoms with Crippen molar-refractivity contribution in [3.63, 3.8) is 0 Å². The Morgan fingerprint density at radius 1 is 0.821 bits per heavy atom. The Morgan fingerprint density at radius 3 is 1.64 bits per heavy atom. The maximum absolute atomic E-state index is 11.6. The van der Waals surface area contributed by atoms with E-state index in [9.17, 15) is 19.1 Å². The molecule has 4 N–H and O–H groups in total. The fourth-order valence-electron chi connectivity index (χ4n) is 2.85. The second kappa shape index (κ2) is 9.05. The van der Waals surface area contributed by atoms with E-state index in [4.69, 9.17) is 9.79 Å². The molecule has 0 aliphatic carbocycles. The minimum absolute atomic E-state index is 0.0684. The van der Waals surface area contributed by atoms with Crippen LogP contribution in [0.3, 0.4) is 0 Å². The molecular formula is C18H22O8P2. The number of rotatable bonds is 8. The average molecular weight is 428 g/mol. The molecule has 2 aromatic carbocycles. The molecular weight excluding hydrogens is 406 g/mol. The summed E-state index contributed by atoms with van der Waals surface area (Å²) in [6.07, 6.45) is 1.48. The number of phosphoric acid groups is 2. The fraction of sp³-hybridized carbons (Fsp3) is 0.222. The van der Waals surface area contributed by atoms with Gasteiger partial charge in [-0.15, -0.1) is 0 Å². The lowest BCUT2D eigenvalue weighted by Gasteiger charge is -2.16. The van der Waals surface area contributed by atoms with Gasteiger partial charge in [0, 0.05) is 0 Å². The first-order chi connectivity index (χ1) is 13.0. The van der Waals surface area contributed by atoms with Crippen LogP contribution in [0.4, 0.5) is 0 Å². The number of phenolic OH excluding ortho intramolecular Hbond substituents is 1. The molecule has 28 heavy (non-hydrogen) atoms. The third kappa shape index (κ3) is 6.31. The van der Waals surface area contributed by atoms with Crippen LogP contribution in [0.2, 0.25) is 0 Å². The van der Waals surface area contributed by atoms with Gasteiger partial charge in [-0.2, -0.15) is 4.31 Å². The molecule has 0 radical (unpaired) electrons. The molecule has 0 saturated carbocycles. The number of benzene rings is 2. The van der Waals surface area contributed by atoms with Crippen LogP contribution in [0.25, 0.3) is 11.1 Å².